The fourth-order valence-electron chi connectivity index (χ4n) is 2.67. The third-order valence-corrected chi connectivity index (χ3v) is 3.86. The molecule has 0 unspecified atom stereocenters. The Morgan fingerprint density at radius 2 is 1.83 bits per heavy atom. The van der Waals surface area contributed by atoms with Crippen molar-refractivity contribution in [1.82, 2.24) is 20.2 Å². The van der Waals surface area contributed by atoms with E-state index in [-0.39, 0.29) is 17.9 Å². The van der Waals surface area contributed by atoms with E-state index in [4.69, 9.17) is 0 Å². The molecule has 0 aliphatic carbocycles. The van der Waals surface area contributed by atoms with Gasteiger partial charge in [0.05, 0.1) is 11.4 Å². The number of Topliss-reactive ketones (excluding diaryl/α,β-unsaturated/α-hetero) is 1. The molecule has 2 heterocycles. The highest BCUT2D eigenvalue weighted by molar-refractivity contribution is 6.02. The standard InChI is InChI=1S/C15H15N7O/c1-10-17-18-19-22(10)9-14(23)11(8-16)15-20(2)12-6-4-5-7-13(12)21(15)3/h4-7H,9H2,1-3H3. The van der Waals surface area contributed by atoms with Gasteiger partial charge in [-0.05, 0) is 29.5 Å². The molecule has 0 saturated carbocycles. The van der Waals surface area contributed by atoms with E-state index >= 15 is 0 Å². The Kier molecular flexibility index (Phi) is 3.54. The van der Waals surface area contributed by atoms with Crippen molar-refractivity contribution in [1.29, 1.82) is 5.26 Å². The lowest BCUT2D eigenvalue weighted by atomic mass is 10.1. The summed E-state index contributed by atoms with van der Waals surface area (Å²) in [5.74, 6) is 0.755. The maximum Gasteiger partial charge on any atom is 0.198 e. The van der Waals surface area contributed by atoms with Crippen LogP contribution in [0.5, 0.6) is 0 Å². The van der Waals surface area contributed by atoms with Crippen LogP contribution in [0.2, 0.25) is 0 Å². The SMILES string of the molecule is Cc1nnnn1CC(=O)C(C#N)=C1N(C)c2ccccc2N1C. The number of nitriles is 1. The number of hydrogen-bond donors (Lipinski definition) is 0. The number of ketones is 1. The Bertz CT molecular complexity index is 815. The van der Waals surface area contributed by atoms with Crippen LogP contribution in [0.25, 0.3) is 0 Å². The largest absolute Gasteiger partial charge is 0.328 e. The Hall–Kier alpha value is -3.21. The molecule has 0 saturated heterocycles. The molecule has 8 nitrogen and oxygen atoms in total. The third kappa shape index (κ3) is 2.32. The Labute approximate surface area is 133 Å². The number of tetrazole rings is 1. The van der Waals surface area contributed by atoms with Crippen LogP contribution in [0, 0.1) is 18.3 Å². The third-order valence-electron chi connectivity index (χ3n) is 3.86. The van der Waals surface area contributed by atoms with Crippen molar-refractivity contribution in [3.8, 4) is 6.07 Å². The number of fused-ring (bicyclic) bond motifs is 1. The molecular formula is C15H15N7O. The minimum absolute atomic E-state index is 0.0662. The summed E-state index contributed by atoms with van der Waals surface area (Å²) in [6.07, 6.45) is 0. The summed E-state index contributed by atoms with van der Waals surface area (Å²) in [5, 5.41) is 20.5. The maximum absolute atomic E-state index is 12.6. The fourth-order valence-corrected chi connectivity index (χ4v) is 2.67. The highest BCUT2D eigenvalue weighted by Gasteiger charge is 2.31. The average molecular weight is 309 g/mol. The smallest absolute Gasteiger partial charge is 0.198 e. The first-order valence-corrected chi connectivity index (χ1v) is 7.01. The number of allylic oxidation sites excluding steroid dienone is 1. The van der Waals surface area contributed by atoms with Gasteiger partial charge in [-0.15, -0.1) is 5.10 Å². The number of anilines is 2. The molecule has 23 heavy (non-hydrogen) atoms. The average Bonchev–Trinajstić information content (AvgIpc) is 3.05. The molecule has 1 aliphatic heterocycles. The number of carbonyl (C=O) groups is 1. The monoisotopic (exact) mass is 309 g/mol. The van der Waals surface area contributed by atoms with Crippen molar-refractivity contribution < 1.29 is 4.79 Å². The Balaban J connectivity index is 2.00. The van der Waals surface area contributed by atoms with Crippen LogP contribution in [0.4, 0.5) is 11.4 Å². The molecule has 1 aliphatic rings. The van der Waals surface area contributed by atoms with Crippen molar-refractivity contribution in [3.63, 3.8) is 0 Å². The van der Waals surface area contributed by atoms with Gasteiger partial charge in [-0.3, -0.25) is 4.79 Å². The zero-order chi connectivity index (χ0) is 16.6. The maximum atomic E-state index is 12.6. The van der Waals surface area contributed by atoms with Crippen molar-refractivity contribution in [3.05, 3.63) is 41.5 Å². The number of para-hydroxylation sites is 2. The lowest BCUT2D eigenvalue weighted by Gasteiger charge is -2.19. The van der Waals surface area contributed by atoms with Gasteiger partial charge in [0, 0.05) is 14.1 Å². The summed E-state index contributed by atoms with van der Waals surface area (Å²) in [6, 6.07) is 9.77. The summed E-state index contributed by atoms with van der Waals surface area (Å²) in [6.45, 7) is 1.64. The molecule has 8 heteroatoms. The Morgan fingerprint density at radius 1 is 1.22 bits per heavy atom. The molecule has 0 fully saturated rings. The summed E-state index contributed by atoms with van der Waals surface area (Å²) in [4.78, 5) is 16.3. The van der Waals surface area contributed by atoms with E-state index in [1.54, 1.807) is 6.92 Å². The van der Waals surface area contributed by atoms with Gasteiger partial charge in [-0.25, -0.2) is 4.68 Å². The van der Waals surface area contributed by atoms with Gasteiger partial charge >= 0.3 is 0 Å². The first-order valence-electron chi connectivity index (χ1n) is 7.01. The number of hydrogen-bond acceptors (Lipinski definition) is 7. The molecule has 0 atom stereocenters. The molecule has 0 radical (unpaired) electrons. The number of aryl methyl sites for hydroxylation is 1. The second-order valence-corrected chi connectivity index (χ2v) is 5.22. The number of benzene rings is 1. The predicted molar refractivity (Wildman–Crippen MR) is 83.4 cm³/mol. The first-order chi connectivity index (χ1) is 11.0. The predicted octanol–water partition coefficient (Wildman–Crippen LogP) is 0.872. The summed E-state index contributed by atoms with van der Waals surface area (Å²) in [5.41, 5.74) is 1.98. The molecule has 1 aromatic heterocycles. The summed E-state index contributed by atoms with van der Waals surface area (Å²) < 4.78 is 1.38. The topological polar surface area (TPSA) is 90.9 Å². The van der Waals surface area contributed by atoms with Crippen molar-refractivity contribution in [2.45, 2.75) is 13.5 Å². The second kappa shape index (κ2) is 5.53. The van der Waals surface area contributed by atoms with Crippen LogP contribution in [0.15, 0.2) is 35.7 Å². The quantitative estimate of drug-likeness (QED) is 0.613. The highest BCUT2D eigenvalue weighted by Crippen LogP contribution is 2.40. The summed E-state index contributed by atoms with van der Waals surface area (Å²) >= 11 is 0. The van der Waals surface area contributed by atoms with Gasteiger partial charge in [0.15, 0.2) is 5.78 Å². The van der Waals surface area contributed by atoms with Crippen molar-refractivity contribution >= 4 is 17.2 Å². The molecule has 0 N–H and O–H groups in total. The minimum atomic E-state index is -0.329. The van der Waals surface area contributed by atoms with Crippen LogP contribution < -0.4 is 9.80 Å². The van der Waals surface area contributed by atoms with Crippen molar-refractivity contribution in [2.75, 3.05) is 23.9 Å². The van der Waals surface area contributed by atoms with E-state index in [2.05, 4.69) is 15.5 Å². The van der Waals surface area contributed by atoms with Crippen LogP contribution in [-0.2, 0) is 11.3 Å². The minimum Gasteiger partial charge on any atom is -0.328 e. The van der Waals surface area contributed by atoms with Crippen LogP contribution in [0.1, 0.15) is 5.82 Å². The number of nitrogens with zero attached hydrogens (tertiary/aromatic N) is 7. The molecule has 0 spiro atoms. The van der Waals surface area contributed by atoms with Gasteiger partial charge < -0.3 is 9.80 Å². The molecule has 3 rings (SSSR count). The van der Waals surface area contributed by atoms with Gasteiger partial charge in [0.2, 0.25) is 0 Å². The van der Waals surface area contributed by atoms with Crippen molar-refractivity contribution in [2.24, 2.45) is 0 Å². The highest BCUT2D eigenvalue weighted by atomic mass is 16.1. The van der Waals surface area contributed by atoms with Gasteiger partial charge in [-0.1, -0.05) is 12.1 Å². The van der Waals surface area contributed by atoms with E-state index in [0.29, 0.717) is 11.6 Å². The molecule has 0 amide bonds. The first kappa shape index (κ1) is 14.7. The van der Waals surface area contributed by atoms with E-state index in [9.17, 15) is 10.1 Å². The van der Waals surface area contributed by atoms with Gasteiger partial charge in [0.25, 0.3) is 0 Å². The zero-order valence-corrected chi connectivity index (χ0v) is 13.1. The lowest BCUT2D eigenvalue weighted by Crippen LogP contribution is -2.27. The van der Waals surface area contributed by atoms with E-state index in [0.717, 1.165) is 11.4 Å². The fraction of sp³-hybridized carbons (Fsp3) is 0.267. The zero-order valence-electron chi connectivity index (χ0n) is 13.1. The molecule has 1 aromatic carbocycles. The van der Waals surface area contributed by atoms with E-state index in [1.165, 1.54) is 4.68 Å². The van der Waals surface area contributed by atoms with Gasteiger partial charge in [0.1, 0.15) is 29.8 Å². The Morgan fingerprint density at radius 3 is 2.30 bits per heavy atom. The van der Waals surface area contributed by atoms with Gasteiger partial charge in [-0.2, -0.15) is 5.26 Å². The lowest BCUT2D eigenvalue weighted by molar-refractivity contribution is -0.116. The number of aromatic nitrogens is 4. The number of carbonyl (C=O) groups excluding carboxylic acids is 1. The number of rotatable bonds is 3. The van der Waals surface area contributed by atoms with Crippen LogP contribution >= 0.6 is 0 Å². The molecular weight excluding hydrogens is 294 g/mol. The summed E-state index contributed by atoms with van der Waals surface area (Å²) in [7, 11) is 3.68. The van der Waals surface area contributed by atoms with E-state index in [1.807, 2.05) is 54.2 Å². The van der Waals surface area contributed by atoms with E-state index < -0.39 is 0 Å². The molecule has 0 bridgehead atoms. The normalized spacial score (nSPS) is 13.0. The molecule has 116 valence electrons. The second-order valence-electron chi connectivity index (χ2n) is 5.22. The van der Waals surface area contributed by atoms with Crippen LogP contribution in [-0.4, -0.2) is 40.1 Å². The molecule has 2 aromatic rings. The van der Waals surface area contributed by atoms with Crippen LogP contribution in [0.3, 0.4) is 0 Å².